The van der Waals surface area contributed by atoms with E-state index in [1.165, 1.54) is 30.0 Å². The van der Waals surface area contributed by atoms with Gasteiger partial charge in [0.25, 0.3) is 17.7 Å². The third-order valence-electron chi connectivity index (χ3n) is 6.65. The van der Waals surface area contributed by atoms with Gasteiger partial charge in [-0.3, -0.25) is 19.3 Å². The van der Waals surface area contributed by atoms with Crippen LogP contribution in [0.4, 0.5) is 0 Å². The van der Waals surface area contributed by atoms with Crippen molar-refractivity contribution < 1.29 is 33.4 Å². The Hall–Kier alpha value is -3.88. The van der Waals surface area contributed by atoms with Gasteiger partial charge in [0.05, 0.1) is 16.7 Å². The number of nitrogens with zero attached hydrogens (tertiary/aromatic N) is 1. The van der Waals surface area contributed by atoms with Crippen LogP contribution in [-0.4, -0.2) is 47.5 Å². The van der Waals surface area contributed by atoms with Gasteiger partial charge in [0.15, 0.2) is 17.6 Å². The van der Waals surface area contributed by atoms with E-state index in [2.05, 4.69) is 5.32 Å². The lowest BCUT2D eigenvalue weighted by Gasteiger charge is -2.29. The lowest BCUT2D eigenvalue weighted by molar-refractivity contribution is -0.129. The minimum atomic E-state index is -1.05. The maximum absolute atomic E-state index is 13.0. The Morgan fingerprint density at radius 3 is 2.54 bits per heavy atom. The van der Waals surface area contributed by atoms with Crippen LogP contribution in [0.5, 0.6) is 11.5 Å². The molecule has 0 unspecified atom stereocenters. The van der Waals surface area contributed by atoms with Crippen LogP contribution < -0.4 is 14.8 Å². The summed E-state index contributed by atoms with van der Waals surface area (Å²) in [5.41, 5.74) is 1.43. The largest absolute Gasteiger partial charge is 0.454 e. The van der Waals surface area contributed by atoms with Crippen molar-refractivity contribution in [3.8, 4) is 11.5 Å². The van der Waals surface area contributed by atoms with Crippen molar-refractivity contribution in [1.29, 1.82) is 0 Å². The van der Waals surface area contributed by atoms with Crippen LogP contribution in [0.1, 0.15) is 75.7 Å². The Morgan fingerprint density at radius 1 is 1.00 bits per heavy atom. The molecule has 0 aromatic heterocycles. The van der Waals surface area contributed by atoms with E-state index in [0.717, 1.165) is 37.7 Å². The van der Waals surface area contributed by atoms with Crippen LogP contribution in [0.15, 0.2) is 36.4 Å². The smallest absolute Gasteiger partial charge is 0.338 e. The first kappa shape index (κ1) is 22.9. The first-order valence-electron chi connectivity index (χ1n) is 11.8. The summed E-state index contributed by atoms with van der Waals surface area (Å²) in [7, 11) is 0. The number of ether oxygens (including phenoxy) is 3. The van der Waals surface area contributed by atoms with E-state index in [9.17, 15) is 19.2 Å². The number of carbonyl (C=O) groups excluding carboxylic acids is 4. The minimum absolute atomic E-state index is 0.0972. The summed E-state index contributed by atoms with van der Waals surface area (Å²) in [6, 6.07) is 9.58. The van der Waals surface area contributed by atoms with E-state index in [1.54, 1.807) is 12.1 Å². The summed E-state index contributed by atoms with van der Waals surface area (Å²) in [5, 5.41) is 2.73. The lowest BCUT2D eigenvalue weighted by Crippen LogP contribution is -2.40. The van der Waals surface area contributed by atoms with E-state index in [0.29, 0.717) is 17.1 Å². The van der Waals surface area contributed by atoms with E-state index >= 15 is 0 Å². The molecule has 1 aliphatic carbocycles. The van der Waals surface area contributed by atoms with E-state index in [4.69, 9.17) is 14.2 Å². The van der Waals surface area contributed by atoms with Crippen molar-refractivity contribution in [2.45, 2.75) is 57.7 Å². The highest BCUT2D eigenvalue weighted by molar-refractivity contribution is 6.22. The SMILES string of the molecule is C[C@@H](OC(=O)c1ccc2c(c1)C(=O)N(C1CCCCC1)C2=O)C(=O)NCc1ccc2c(c1)OCO2. The number of carbonyl (C=O) groups is 4. The zero-order valence-corrected chi connectivity index (χ0v) is 19.4. The molecule has 3 amide bonds. The molecule has 9 nitrogen and oxygen atoms in total. The van der Waals surface area contributed by atoms with Crippen LogP contribution in [0.25, 0.3) is 0 Å². The fraction of sp³-hybridized carbons (Fsp3) is 0.385. The molecule has 2 aromatic carbocycles. The third-order valence-corrected chi connectivity index (χ3v) is 6.65. The summed E-state index contributed by atoms with van der Waals surface area (Å²) < 4.78 is 15.9. The second kappa shape index (κ2) is 9.40. The highest BCUT2D eigenvalue weighted by Gasteiger charge is 2.40. The van der Waals surface area contributed by atoms with E-state index in [-0.39, 0.29) is 42.3 Å². The Kier molecular flexibility index (Phi) is 6.15. The molecule has 1 N–H and O–H groups in total. The molecule has 0 saturated heterocycles. The Bertz CT molecular complexity index is 1200. The molecule has 0 spiro atoms. The quantitative estimate of drug-likeness (QED) is 0.501. The fourth-order valence-corrected chi connectivity index (χ4v) is 4.72. The van der Waals surface area contributed by atoms with Gasteiger partial charge in [0.1, 0.15) is 0 Å². The molecule has 9 heteroatoms. The predicted octanol–water partition coefficient (Wildman–Crippen LogP) is 3.21. The van der Waals surface area contributed by atoms with Crippen LogP contribution in [-0.2, 0) is 16.1 Å². The number of esters is 1. The molecular weight excluding hydrogens is 452 g/mol. The number of benzene rings is 2. The molecule has 5 rings (SSSR count). The number of amides is 3. The van der Waals surface area contributed by atoms with Crippen molar-refractivity contribution in [2.24, 2.45) is 0 Å². The molecule has 1 atom stereocenters. The van der Waals surface area contributed by atoms with Crippen molar-refractivity contribution in [3.63, 3.8) is 0 Å². The lowest BCUT2D eigenvalue weighted by atomic mass is 9.94. The Morgan fingerprint density at radius 2 is 1.74 bits per heavy atom. The summed E-state index contributed by atoms with van der Waals surface area (Å²) in [5.74, 6) is -0.627. The summed E-state index contributed by atoms with van der Waals surface area (Å²) >= 11 is 0. The number of fused-ring (bicyclic) bond motifs is 2. The van der Waals surface area contributed by atoms with Crippen LogP contribution in [0, 0.1) is 0 Å². The van der Waals surface area contributed by atoms with Gasteiger partial charge in [-0.2, -0.15) is 0 Å². The van der Waals surface area contributed by atoms with Gasteiger partial charge in [-0.25, -0.2) is 4.79 Å². The van der Waals surface area contributed by atoms with Gasteiger partial charge < -0.3 is 19.5 Å². The number of hydrogen-bond donors (Lipinski definition) is 1. The highest BCUT2D eigenvalue weighted by atomic mass is 16.7. The second-order valence-corrected chi connectivity index (χ2v) is 8.99. The molecule has 2 aliphatic heterocycles. The van der Waals surface area contributed by atoms with Gasteiger partial charge in [-0.1, -0.05) is 25.3 Å². The molecular formula is C26H26N2O7. The predicted molar refractivity (Wildman–Crippen MR) is 123 cm³/mol. The molecule has 0 radical (unpaired) electrons. The van der Waals surface area contributed by atoms with Crippen molar-refractivity contribution in [3.05, 3.63) is 58.7 Å². The normalized spacial score (nSPS) is 17.8. The highest BCUT2D eigenvalue weighted by Crippen LogP contribution is 2.33. The zero-order valence-electron chi connectivity index (χ0n) is 19.4. The number of imide groups is 1. The first-order valence-corrected chi connectivity index (χ1v) is 11.8. The van der Waals surface area contributed by atoms with Gasteiger partial charge in [-0.05, 0) is 55.7 Å². The second-order valence-electron chi connectivity index (χ2n) is 8.99. The Balaban J connectivity index is 1.20. The number of nitrogens with one attached hydrogen (secondary N) is 1. The average molecular weight is 479 g/mol. The topological polar surface area (TPSA) is 111 Å². The standard InChI is InChI=1S/C26H26N2O7/c1-15(23(29)27-13-16-7-10-21-22(11-16)34-14-33-21)35-26(32)17-8-9-19-20(12-17)25(31)28(24(19)30)18-5-3-2-4-6-18/h7-12,15,18H,2-6,13-14H2,1H3,(H,27,29)/t15-/m1/s1. The third kappa shape index (κ3) is 4.45. The summed E-state index contributed by atoms with van der Waals surface area (Å²) in [6.45, 7) is 1.86. The molecule has 2 heterocycles. The number of hydrogen-bond acceptors (Lipinski definition) is 7. The molecule has 1 saturated carbocycles. The molecule has 2 aromatic rings. The van der Waals surface area contributed by atoms with Crippen LogP contribution >= 0.6 is 0 Å². The van der Waals surface area contributed by atoms with E-state index < -0.39 is 18.0 Å². The van der Waals surface area contributed by atoms with Crippen LogP contribution in [0.2, 0.25) is 0 Å². The monoisotopic (exact) mass is 478 g/mol. The van der Waals surface area contributed by atoms with Gasteiger partial charge in [0, 0.05) is 12.6 Å². The van der Waals surface area contributed by atoms with Gasteiger partial charge in [-0.15, -0.1) is 0 Å². The fourth-order valence-electron chi connectivity index (χ4n) is 4.72. The molecule has 182 valence electrons. The summed E-state index contributed by atoms with van der Waals surface area (Å²) in [4.78, 5) is 52.3. The Labute approximate surface area is 202 Å². The van der Waals surface area contributed by atoms with Gasteiger partial charge >= 0.3 is 5.97 Å². The van der Waals surface area contributed by atoms with E-state index in [1.807, 2.05) is 6.07 Å². The van der Waals surface area contributed by atoms with Crippen molar-refractivity contribution in [1.82, 2.24) is 10.2 Å². The van der Waals surface area contributed by atoms with Crippen molar-refractivity contribution in [2.75, 3.05) is 6.79 Å². The average Bonchev–Trinajstić information content (AvgIpc) is 3.44. The van der Waals surface area contributed by atoms with Crippen LogP contribution in [0.3, 0.4) is 0 Å². The molecule has 0 bridgehead atoms. The number of rotatable bonds is 6. The first-order chi connectivity index (χ1) is 16.9. The summed E-state index contributed by atoms with van der Waals surface area (Å²) in [6.07, 6.45) is 3.64. The van der Waals surface area contributed by atoms with Crippen molar-refractivity contribution >= 4 is 23.7 Å². The molecule has 3 aliphatic rings. The zero-order chi connectivity index (χ0) is 24.5. The maximum atomic E-state index is 13.0. The minimum Gasteiger partial charge on any atom is -0.454 e. The molecule has 1 fully saturated rings. The van der Waals surface area contributed by atoms with Gasteiger partial charge in [0.2, 0.25) is 6.79 Å². The maximum Gasteiger partial charge on any atom is 0.338 e. The molecule has 35 heavy (non-hydrogen) atoms.